The number of nitrogens with two attached hydrogens (primary N) is 1. The van der Waals surface area contributed by atoms with Crippen molar-refractivity contribution in [3.05, 3.63) is 35.9 Å². The van der Waals surface area contributed by atoms with E-state index in [2.05, 4.69) is 20.8 Å². The topological polar surface area (TPSA) is 43.1 Å². The fourth-order valence-corrected chi connectivity index (χ4v) is 1.73. The molecule has 0 spiro atoms. The molecule has 0 fully saturated rings. The van der Waals surface area contributed by atoms with Crippen LogP contribution in [-0.2, 0) is 11.2 Å². The molecule has 1 aromatic rings. The highest BCUT2D eigenvalue weighted by Crippen LogP contribution is 2.40. The molecule has 0 heterocycles. The molecule has 0 aliphatic heterocycles. The number of hydrogen-bond donors (Lipinski definition) is 1. The van der Waals surface area contributed by atoms with E-state index in [-0.39, 0.29) is 11.3 Å². The molecule has 1 aromatic carbocycles. The zero-order valence-corrected chi connectivity index (χ0v) is 10.6. The number of benzene rings is 1. The second kappa shape index (κ2) is 4.28. The van der Waals surface area contributed by atoms with Crippen molar-refractivity contribution >= 4 is 5.91 Å². The van der Waals surface area contributed by atoms with Crippen LogP contribution in [0.5, 0.6) is 0 Å². The summed E-state index contributed by atoms with van der Waals surface area (Å²) in [5.74, 6) is -0.233. The minimum atomic E-state index is -0.519. The van der Waals surface area contributed by atoms with Crippen LogP contribution in [0.4, 0.5) is 0 Å². The Kier molecular flexibility index (Phi) is 3.41. The lowest BCUT2D eigenvalue weighted by molar-refractivity contribution is -0.132. The predicted molar refractivity (Wildman–Crippen MR) is 66.9 cm³/mol. The van der Waals surface area contributed by atoms with Crippen molar-refractivity contribution in [3.63, 3.8) is 0 Å². The van der Waals surface area contributed by atoms with Gasteiger partial charge in [-0.2, -0.15) is 0 Å². The van der Waals surface area contributed by atoms with Gasteiger partial charge in [0.05, 0.1) is 5.41 Å². The monoisotopic (exact) mass is 219 g/mol. The van der Waals surface area contributed by atoms with Crippen LogP contribution in [0.25, 0.3) is 0 Å². The van der Waals surface area contributed by atoms with Crippen LogP contribution in [-0.4, -0.2) is 5.91 Å². The Morgan fingerprint density at radius 3 is 2.00 bits per heavy atom. The molecule has 2 nitrogen and oxygen atoms in total. The van der Waals surface area contributed by atoms with E-state index >= 15 is 0 Å². The highest BCUT2D eigenvalue weighted by atomic mass is 16.1. The van der Waals surface area contributed by atoms with Gasteiger partial charge in [-0.15, -0.1) is 0 Å². The highest BCUT2D eigenvalue weighted by Gasteiger charge is 2.42. The molecule has 0 aliphatic rings. The molecule has 1 unspecified atom stereocenters. The average molecular weight is 219 g/mol. The van der Waals surface area contributed by atoms with Crippen molar-refractivity contribution in [2.45, 2.75) is 34.1 Å². The summed E-state index contributed by atoms with van der Waals surface area (Å²) >= 11 is 0. The Balaban J connectivity index is 3.03. The van der Waals surface area contributed by atoms with Gasteiger partial charge in [-0.05, 0) is 24.3 Å². The van der Waals surface area contributed by atoms with Crippen molar-refractivity contribution in [2.75, 3.05) is 0 Å². The Morgan fingerprint density at radius 1 is 1.12 bits per heavy atom. The summed E-state index contributed by atoms with van der Waals surface area (Å²) in [6.07, 6.45) is 0.687. The van der Waals surface area contributed by atoms with Crippen LogP contribution in [0.1, 0.15) is 33.3 Å². The first kappa shape index (κ1) is 12.8. The molecule has 0 bridgehead atoms. The number of primary amides is 1. The Hall–Kier alpha value is -1.31. The summed E-state index contributed by atoms with van der Waals surface area (Å²) in [4.78, 5) is 11.7. The fourth-order valence-electron chi connectivity index (χ4n) is 1.73. The van der Waals surface area contributed by atoms with Crippen LogP contribution in [0, 0.1) is 10.8 Å². The van der Waals surface area contributed by atoms with Gasteiger partial charge in [0.2, 0.25) is 5.91 Å². The summed E-state index contributed by atoms with van der Waals surface area (Å²) in [6, 6.07) is 10.0. The molecule has 2 heteroatoms. The van der Waals surface area contributed by atoms with E-state index in [9.17, 15) is 4.79 Å². The van der Waals surface area contributed by atoms with E-state index in [0.29, 0.717) is 6.42 Å². The van der Waals surface area contributed by atoms with Crippen molar-refractivity contribution < 1.29 is 4.79 Å². The minimum Gasteiger partial charge on any atom is -0.369 e. The third-order valence-electron chi connectivity index (χ3n) is 3.60. The largest absolute Gasteiger partial charge is 0.369 e. The van der Waals surface area contributed by atoms with Crippen LogP contribution < -0.4 is 5.73 Å². The lowest BCUT2D eigenvalue weighted by atomic mass is 9.64. The average Bonchev–Trinajstić information content (AvgIpc) is 2.17. The zero-order valence-electron chi connectivity index (χ0n) is 10.6. The Bertz CT molecular complexity index is 364. The van der Waals surface area contributed by atoms with E-state index in [4.69, 9.17) is 5.73 Å². The molecule has 2 N–H and O–H groups in total. The van der Waals surface area contributed by atoms with E-state index in [1.54, 1.807) is 0 Å². The minimum absolute atomic E-state index is 0.144. The number of amides is 1. The molecule has 0 aliphatic carbocycles. The van der Waals surface area contributed by atoms with Gasteiger partial charge >= 0.3 is 0 Å². The van der Waals surface area contributed by atoms with Crippen LogP contribution in [0.3, 0.4) is 0 Å². The summed E-state index contributed by atoms with van der Waals surface area (Å²) in [7, 11) is 0. The molecule has 0 saturated heterocycles. The molecule has 16 heavy (non-hydrogen) atoms. The maximum Gasteiger partial charge on any atom is 0.224 e. The van der Waals surface area contributed by atoms with Gasteiger partial charge in [0, 0.05) is 0 Å². The third-order valence-corrected chi connectivity index (χ3v) is 3.60. The normalized spacial score (nSPS) is 15.5. The second-order valence-corrected chi connectivity index (χ2v) is 5.61. The lowest BCUT2D eigenvalue weighted by Gasteiger charge is -2.39. The molecular weight excluding hydrogens is 198 g/mol. The number of carbonyl (C=O) groups is 1. The van der Waals surface area contributed by atoms with Gasteiger partial charge in [0.1, 0.15) is 0 Å². The molecule has 0 radical (unpaired) electrons. The maximum absolute atomic E-state index is 11.7. The highest BCUT2D eigenvalue weighted by molar-refractivity contribution is 5.81. The smallest absolute Gasteiger partial charge is 0.224 e. The van der Waals surface area contributed by atoms with Crippen LogP contribution in [0.15, 0.2) is 30.3 Å². The molecule has 1 atom stereocenters. The van der Waals surface area contributed by atoms with Gasteiger partial charge < -0.3 is 5.73 Å². The molecule has 1 rings (SSSR count). The first-order chi connectivity index (χ1) is 7.27. The van der Waals surface area contributed by atoms with Gasteiger partial charge in [0.25, 0.3) is 0 Å². The second-order valence-electron chi connectivity index (χ2n) is 5.61. The van der Waals surface area contributed by atoms with Gasteiger partial charge in [-0.3, -0.25) is 4.79 Å². The number of hydrogen-bond acceptors (Lipinski definition) is 1. The SMILES string of the molecule is CC(C)(C)C(C)(Cc1ccccc1)C(N)=O. The Morgan fingerprint density at radius 2 is 1.62 bits per heavy atom. The summed E-state index contributed by atoms with van der Waals surface area (Å²) < 4.78 is 0. The fraction of sp³-hybridized carbons (Fsp3) is 0.500. The zero-order chi connectivity index (χ0) is 12.4. The molecule has 88 valence electrons. The standard InChI is InChI=1S/C14H21NO/c1-13(2,3)14(4,12(15)16)10-11-8-6-5-7-9-11/h5-9H,10H2,1-4H3,(H2,15,16). The Labute approximate surface area is 97.9 Å². The summed E-state index contributed by atoms with van der Waals surface area (Å²) in [5, 5.41) is 0. The van der Waals surface area contributed by atoms with Crippen molar-refractivity contribution in [1.29, 1.82) is 0 Å². The molecule has 0 saturated carbocycles. The van der Waals surface area contributed by atoms with Crippen LogP contribution in [0.2, 0.25) is 0 Å². The van der Waals surface area contributed by atoms with Crippen LogP contribution >= 0.6 is 0 Å². The maximum atomic E-state index is 11.7. The number of carbonyl (C=O) groups excluding carboxylic acids is 1. The summed E-state index contributed by atoms with van der Waals surface area (Å²) in [5.41, 5.74) is 6.05. The lowest BCUT2D eigenvalue weighted by Crippen LogP contribution is -2.46. The van der Waals surface area contributed by atoms with Crippen molar-refractivity contribution in [2.24, 2.45) is 16.6 Å². The number of rotatable bonds is 3. The first-order valence-corrected chi connectivity index (χ1v) is 5.61. The van der Waals surface area contributed by atoms with E-state index in [1.165, 1.54) is 0 Å². The van der Waals surface area contributed by atoms with Gasteiger partial charge in [0.15, 0.2) is 0 Å². The van der Waals surface area contributed by atoms with E-state index in [0.717, 1.165) is 5.56 Å². The predicted octanol–water partition coefficient (Wildman–Crippen LogP) is 2.77. The first-order valence-electron chi connectivity index (χ1n) is 5.61. The van der Waals surface area contributed by atoms with Crippen molar-refractivity contribution in [3.8, 4) is 0 Å². The molecule has 1 amide bonds. The van der Waals surface area contributed by atoms with Gasteiger partial charge in [-0.1, -0.05) is 51.1 Å². The van der Waals surface area contributed by atoms with Gasteiger partial charge in [-0.25, -0.2) is 0 Å². The summed E-state index contributed by atoms with van der Waals surface area (Å²) in [6.45, 7) is 8.12. The van der Waals surface area contributed by atoms with E-state index < -0.39 is 5.41 Å². The third kappa shape index (κ3) is 2.43. The quantitative estimate of drug-likeness (QED) is 0.834. The molecule has 0 aromatic heterocycles. The van der Waals surface area contributed by atoms with E-state index in [1.807, 2.05) is 37.3 Å². The van der Waals surface area contributed by atoms with Crippen molar-refractivity contribution in [1.82, 2.24) is 0 Å². The molecular formula is C14H21NO.